The summed E-state index contributed by atoms with van der Waals surface area (Å²) in [5.74, 6) is -0.846. The molecule has 110 valence electrons. The lowest BCUT2D eigenvalue weighted by molar-refractivity contribution is 0.281. The van der Waals surface area contributed by atoms with E-state index in [1.807, 2.05) is 0 Å². The largest absolute Gasteiger partial charge is 0.392 e. The van der Waals surface area contributed by atoms with E-state index in [9.17, 15) is 13.9 Å². The lowest BCUT2D eigenvalue weighted by atomic mass is 9.97. The van der Waals surface area contributed by atoms with Gasteiger partial charge in [-0.3, -0.25) is 4.98 Å². The average Bonchev–Trinajstić information content (AvgIpc) is 2.55. The Morgan fingerprint density at radius 2 is 1.41 bits per heavy atom. The molecule has 0 bridgehead atoms. The molecule has 2 aromatic carbocycles. The Balaban J connectivity index is 2.28. The highest BCUT2D eigenvalue weighted by molar-refractivity contribution is 5.81. The van der Waals surface area contributed by atoms with E-state index in [0.717, 1.165) is 0 Å². The van der Waals surface area contributed by atoms with E-state index in [1.54, 1.807) is 42.5 Å². The minimum absolute atomic E-state index is 0.216. The third-order valence-corrected chi connectivity index (χ3v) is 3.42. The average molecular weight is 297 g/mol. The second-order valence-electron chi connectivity index (χ2n) is 4.86. The van der Waals surface area contributed by atoms with Gasteiger partial charge in [-0.05, 0) is 29.8 Å². The van der Waals surface area contributed by atoms with Gasteiger partial charge in [0.25, 0.3) is 0 Å². The van der Waals surface area contributed by atoms with Crippen LogP contribution in [0.3, 0.4) is 0 Å². The lowest BCUT2D eigenvalue weighted by Gasteiger charge is -2.12. The number of aliphatic hydroxyl groups excluding tert-OH is 1. The van der Waals surface area contributed by atoms with Gasteiger partial charge in [0.05, 0.1) is 12.3 Å². The zero-order valence-corrected chi connectivity index (χ0v) is 11.6. The number of aliphatic hydroxyl groups is 1. The molecule has 1 aromatic heterocycles. The minimum atomic E-state index is -0.427. The fourth-order valence-electron chi connectivity index (χ4n) is 2.35. The lowest BCUT2D eigenvalue weighted by Crippen LogP contribution is -1.96. The third-order valence-electron chi connectivity index (χ3n) is 3.42. The number of pyridine rings is 1. The normalized spacial score (nSPS) is 10.7. The van der Waals surface area contributed by atoms with E-state index in [1.165, 1.54) is 18.3 Å². The molecule has 0 saturated heterocycles. The first-order valence-corrected chi connectivity index (χ1v) is 6.80. The van der Waals surface area contributed by atoms with Crippen molar-refractivity contribution in [1.82, 2.24) is 4.98 Å². The molecule has 0 aliphatic carbocycles. The molecule has 1 heterocycles. The highest BCUT2D eigenvalue weighted by Gasteiger charge is 2.15. The summed E-state index contributed by atoms with van der Waals surface area (Å²) in [4.78, 5) is 4.23. The Kier molecular flexibility index (Phi) is 3.94. The Morgan fingerprint density at radius 1 is 0.818 bits per heavy atom. The summed E-state index contributed by atoms with van der Waals surface area (Å²) in [5, 5.41) is 9.29. The number of hydrogen-bond donors (Lipinski definition) is 1. The summed E-state index contributed by atoms with van der Waals surface area (Å²) in [6.07, 6.45) is 1.46. The maximum Gasteiger partial charge on any atom is 0.132 e. The van der Waals surface area contributed by atoms with Crippen LogP contribution in [-0.2, 0) is 6.61 Å². The zero-order valence-electron chi connectivity index (χ0n) is 11.6. The van der Waals surface area contributed by atoms with Gasteiger partial charge in [-0.25, -0.2) is 8.78 Å². The van der Waals surface area contributed by atoms with Crippen LogP contribution in [0, 0.1) is 11.6 Å². The Bertz CT molecular complexity index is 818. The van der Waals surface area contributed by atoms with E-state index in [0.29, 0.717) is 27.9 Å². The first kappa shape index (κ1) is 14.4. The van der Waals surface area contributed by atoms with Gasteiger partial charge in [0.1, 0.15) is 11.6 Å². The summed E-state index contributed by atoms with van der Waals surface area (Å²) in [6, 6.07) is 14.1. The van der Waals surface area contributed by atoms with E-state index < -0.39 is 11.6 Å². The van der Waals surface area contributed by atoms with Crippen LogP contribution >= 0.6 is 0 Å². The maximum absolute atomic E-state index is 14.1. The van der Waals surface area contributed by atoms with Crippen LogP contribution in [0.15, 0.2) is 60.8 Å². The van der Waals surface area contributed by atoms with Crippen molar-refractivity contribution in [3.63, 3.8) is 0 Å². The fraction of sp³-hybridized carbons (Fsp3) is 0.0556. The SMILES string of the molecule is OCc1cnc(-c2ccccc2F)c(-c2ccccc2F)c1. The minimum Gasteiger partial charge on any atom is -0.392 e. The molecule has 1 N–H and O–H groups in total. The van der Waals surface area contributed by atoms with Crippen molar-refractivity contribution >= 4 is 0 Å². The van der Waals surface area contributed by atoms with Crippen molar-refractivity contribution in [1.29, 1.82) is 0 Å². The van der Waals surface area contributed by atoms with Crippen LogP contribution in [0.4, 0.5) is 8.78 Å². The molecule has 4 heteroatoms. The van der Waals surface area contributed by atoms with Gasteiger partial charge in [-0.1, -0.05) is 30.3 Å². The second kappa shape index (κ2) is 6.03. The van der Waals surface area contributed by atoms with E-state index in [-0.39, 0.29) is 6.61 Å². The van der Waals surface area contributed by atoms with E-state index in [2.05, 4.69) is 4.98 Å². The molecule has 0 saturated carbocycles. The predicted octanol–water partition coefficient (Wildman–Crippen LogP) is 4.19. The molecule has 0 fully saturated rings. The molecule has 0 spiro atoms. The Morgan fingerprint density at radius 3 is 2.00 bits per heavy atom. The van der Waals surface area contributed by atoms with Crippen LogP contribution in [0.5, 0.6) is 0 Å². The summed E-state index contributed by atoms with van der Waals surface area (Å²) < 4.78 is 28.2. The number of hydrogen-bond acceptors (Lipinski definition) is 2. The van der Waals surface area contributed by atoms with Crippen LogP contribution in [0.25, 0.3) is 22.4 Å². The van der Waals surface area contributed by atoms with Crippen LogP contribution in [0.2, 0.25) is 0 Å². The van der Waals surface area contributed by atoms with Crippen LogP contribution in [-0.4, -0.2) is 10.1 Å². The first-order chi connectivity index (χ1) is 10.7. The van der Waals surface area contributed by atoms with Crippen molar-refractivity contribution in [2.45, 2.75) is 6.61 Å². The fourth-order valence-corrected chi connectivity index (χ4v) is 2.35. The number of nitrogens with zero attached hydrogens (tertiary/aromatic N) is 1. The molecule has 3 aromatic rings. The first-order valence-electron chi connectivity index (χ1n) is 6.80. The smallest absolute Gasteiger partial charge is 0.132 e. The van der Waals surface area contributed by atoms with E-state index >= 15 is 0 Å². The summed E-state index contributed by atoms with van der Waals surface area (Å²) in [5.41, 5.74) is 1.96. The van der Waals surface area contributed by atoms with Gasteiger partial charge < -0.3 is 5.11 Å². The molecule has 22 heavy (non-hydrogen) atoms. The van der Waals surface area contributed by atoms with Crippen LogP contribution < -0.4 is 0 Å². The van der Waals surface area contributed by atoms with Gasteiger partial charge in [0.2, 0.25) is 0 Å². The molecule has 0 unspecified atom stereocenters. The summed E-state index contributed by atoms with van der Waals surface area (Å²) in [7, 11) is 0. The number of rotatable bonds is 3. The number of aromatic nitrogens is 1. The quantitative estimate of drug-likeness (QED) is 0.786. The predicted molar refractivity (Wildman–Crippen MR) is 80.9 cm³/mol. The number of benzene rings is 2. The maximum atomic E-state index is 14.1. The molecule has 2 nitrogen and oxygen atoms in total. The van der Waals surface area contributed by atoms with Gasteiger partial charge in [0.15, 0.2) is 0 Å². The molecule has 0 aliphatic rings. The molecular weight excluding hydrogens is 284 g/mol. The summed E-state index contributed by atoms with van der Waals surface area (Å²) >= 11 is 0. The van der Waals surface area contributed by atoms with Gasteiger partial charge in [0, 0.05) is 22.9 Å². The Hall–Kier alpha value is -2.59. The topological polar surface area (TPSA) is 33.1 Å². The zero-order chi connectivity index (χ0) is 15.5. The molecule has 0 aliphatic heterocycles. The molecule has 3 rings (SSSR count). The number of halogens is 2. The molecule has 0 radical (unpaired) electrons. The van der Waals surface area contributed by atoms with Gasteiger partial charge in [-0.15, -0.1) is 0 Å². The van der Waals surface area contributed by atoms with E-state index in [4.69, 9.17) is 0 Å². The molecule has 0 amide bonds. The highest BCUT2D eigenvalue weighted by atomic mass is 19.1. The third kappa shape index (κ3) is 2.61. The molecule has 0 atom stereocenters. The Labute approximate surface area is 126 Å². The van der Waals surface area contributed by atoms with Gasteiger partial charge in [-0.2, -0.15) is 0 Å². The standard InChI is InChI=1S/C18H13F2NO/c19-16-7-3-1-5-13(16)15-9-12(11-22)10-21-18(15)14-6-2-4-8-17(14)20/h1-10,22H,11H2. The van der Waals surface area contributed by atoms with Gasteiger partial charge >= 0.3 is 0 Å². The van der Waals surface area contributed by atoms with Crippen molar-refractivity contribution < 1.29 is 13.9 Å². The monoisotopic (exact) mass is 297 g/mol. The van der Waals surface area contributed by atoms with Crippen molar-refractivity contribution in [2.24, 2.45) is 0 Å². The van der Waals surface area contributed by atoms with Crippen molar-refractivity contribution in [3.8, 4) is 22.4 Å². The van der Waals surface area contributed by atoms with Crippen LogP contribution in [0.1, 0.15) is 5.56 Å². The summed E-state index contributed by atoms with van der Waals surface area (Å²) in [6.45, 7) is -0.216. The van der Waals surface area contributed by atoms with Crippen molar-refractivity contribution in [2.75, 3.05) is 0 Å². The highest BCUT2D eigenvalue weighted by Crippen LogP contribution is 2.33. The van der Waals surface area contributed by atoms with Crippen molar-refractivity contribution in [3.05, 3.63) is 78.0 Å². The second-order valence-corrected chi connectivity index (χ2v) is 4.86. The molecular formula is C18H13F2NO.